The molecule has 12 nitrogen and oxygen atoms in total. The second-order valence-corrected chi connectivity index (χ2v) is 10.2. The molecule has 0 unspecified atom stereocenters. The number of nitrogen functional groups attached to an aromatic ring is 1. The monoisotopic (exact) mass is 548 g/mol. The van der Waals surface area contributed by atoms with Crippen LogP contribution in [-0.2, 0) is 9.47 Å². The summed E-state index contributed by atoms with van der Waals surface area (Å²) in [6, 6.07) is 13.4. The van der Waals surface area contributed by atoms with E-state index in [4.69, 9.17) is 16.3 Å². The van der Waals surface area contributed by atoms with Crippen molar-refractivity contribution in [2.45, 2.75) is 38.5 Å². The van der Waals surface area contributed by atoms with Gasteiger partial charge in [-0.1, -0.05) is 0 Å². The fraction of sp³-hybridized carbons (Fsp3) is 0.429. The third-order valence-electron chi connectivity index (χ3n) is 7.22. The van der Waals surface area contributed by atoms with Crippen LogP contribution >= 0.6 is 0 Å². The predicted molar refractivity (Wildman–Crippen MR) is 147 cm³/mol. The minimum absolute atomic E-state index is 0.0858. The number of hydrogen-bond donors (Lipinski definition) is 3. The maximum Gasteiger partial charge on any atom is 0.337 e. The van der Waals surface area contributed by atoms with Gasteiger partial charge in [-0.2, -0.15) is 10.5 Å². The molecule has 2 saturated carbocycles. The highest BCUT2D eigenvalue weighted by atomic mass is 16.6. The van der Waals surface area contributed by atoms with E-state index in [1.807, 2.05) is 0 Å². The van der Waals surface area contributed by atoms with Crippen molar-refractivity contribution in [2.24, 2.45) is 10.8 Å². The molecule has 4 rings (SSSR count). The number of benzene rings is 2. The number of nitriles is 2. The molecule has 0 atom stereocenters. The van der Waals surface area contributed by atoms with Gasteiger partial charge in [0.15, 0.2) is 0 Å². The van der Waals surface area contributed by atoms with Gasteiger partial charge in [-0.3, -0.25) is 10.1 Å². The Morgan fingerprint density at radius 2 is 1.35 bits per heavy atom. The van der Waals surface area contributed by atoms with Crippen LogP contribution in [-0.4, -0.2) is 44.2 Å². The van der Waals surface area contributed by atoms with E-state index < -0.39 is 10.9 Å². The number of methoxy groups -OCH3 is 2. The van der Waals surface area contributed by atoms with E-state index in [0.29, 0.717) is 42.9 Å². The fourth-order valence-corrected chi connectivity index (χ4v) is 4.12. The summed E-state index contributed by atoms with van der Waals surface area (Å²) < 4.78 is 9.29. The third kappa shape index (κ3) is 7.60. The lowest BCUT2D eigenvalue weighted by molar-refractivity contribution is -0.384. The predicted octanol–water partition coefficient (Wildman–Crippen LogP) is 4.65. The normalized spacial score (nSPS) is 15.1. The van der Waals surface area contributed by atoms with E-state index >= 15 is 0 Å². The quantitative estimate of drug-likeness (QED) is 0.153. The summed E-state index contributed by atoms with van der Waals surface area (Å²) in [5.74, 6) is -0.938. The molecule has 0 spiro atoms. The summed E-state index contributed by atoms with van der Waals surface area (Å²) in [5.41, 5.74) is 8.04. The molecule has 2 aliphatic carbocycles. The average Bonchev–Trinajstić information content (AvgIpc) is 3.89. The summed E-state index contributed by atoms with van der Waals surface area (Å²) in [6.45, 7) is 1.18. The molecule has 0 saturated heterocycles. The van der Waals surface area contributed by atoms with Gasteiger partial charge in [0.05, 0.1) is 53.8 Å². The molecule has 2 aromatic rings. The average molecular weight is 549 g/mol. The number of nitro benzene ring substituents is 1. The van der Waals surface area contributed by atoms with Crippen LogP contribution in [0.4, 0.5) is 22.7 Å². The molecule has 2 aromatic carbocycles. The Balaban J connectivity index is 0.000000222. The molecule has 40 heavy (non-hydrogen) atoms. The van der Waals surface area contributed by atoms with E-state index in [-0.39, 0.29) is 33.7 Å². The highest BCUT2D eigenvalue weighted by molar-refractivity contribution is 5.92. The molecule has 0 radical (unpaired) electrons. The summed E-state index contributed by atoms with van der Waals surface area (Å²) in [4.78, 5) is 33.5. The van der Waals surface area contributed by atoms with Crippen LogP contribution in [0.25, 0.3) is 0 Å². The summed E-state index contributed by atoms with van der Waals surface area (Å²) in [5, 5.41) is 34.8. The first-order valence-electron chi connectivity index (χ1n) is 12.7. The van der Waals surface area contributed by atoms with Crippen LogP contribution in [0, 0.1) is 43.6 Å². The van der Waals surface area contributed by atoms with Gasteiger partial charge in [-0.25, -0.2) is 9.59 Å². The van der Waals surface area contributed by atoms with Crippen molar-refractivity contribution < 1.29 is 24.0 Å². The van der Waals surface area contributed by atoms with Gasteiger partial charge in [0.2, 0.25) is 0 Å². The van der Waals surface area contributed by atoms with Gasteiger partial charge in [0.25, 0.3) is 5.69 Å². The molecule has 210 valence electrons. The third-order valence-corrected chi connectivity index (χ3v) is 7.22. The van der Waals surface area contributed by atoms with E-state index in [9.17, 15) is 19.7 Å². The molecule has 0 amide bonds. The van der Waals surface area contributed by atoms with E-state index in [0.717, 1.165) is 25.7 Å². The number of nitro groups is 1. The van der Waals surface area contributed by atoms with Crippen molar-refractivity contribution in [1.29, 1.82) is 10.5 Å². The zero-order valence-electron chi connectivity index (χ0n) is 22.5. The van der Waals surface area contributed by atoms with Crippen LogP contribution < -0.4 is 16.4 Å². The Morgan fingerprint density at radius 3 is 1.77 bits per heavy atom. The van der Waals surface area contributed by atoms with Crippen molar-refractivity contribution in [3.05, 3.63) is 57.6 Å². The molecule has 0 bridgehead atoms. The van der Waals surface area contributed by atoms with Gasteiger partial charge in [0, 0.05) is 42.8 Å². The van der Waals surface area contributed by atoms with Gasteiger partial charge >= 0.3 is 11.9 Å². The summed E-state index contributed by atoms with van der Waals surface area (Å²) >= 11 is 0. The van der Waals surface area contributed by atoms with Crippen LogP contribution in [0.1, 0.15) is 59.2 Å². The molecule has 2 fully saturated rings. The van der Waals surface area contributed by atoms with Gasteiger partial charge < -0.3 is 25.8 Å². The van der Waals surface area contributed by atoms with Crippen LogP contribution in [0.5, 0.6) is 0 Å². The molecular formula is C28H32N6O6. The standard InChI is InChI=1S/C14H15N3O4.C14H17N3O2/c1-21-13(18)10-2-3-12(17(19)20)11(8-10)16-9-14(4-5-14)6-7-15;1-19-13(18)10-2-3-11(16)12(8-10)17-9-14(4-5-14)6-7-15/h2-3,8,16H,4-6,9H2,1H3;2-3,8,17H,4-6,9,16H2,1H3. The Labute approximate surface area is 232 Å². The fourth-order valence-electron chi connectivity index (χ4n) is 4.12. The number of anilines is 3. The smallest absolute Gasteiger partial charge is 0.337 e. The number of ether oxygens (including phenoxy) is 2. The van der Waals surface area contributed by atoms with Crippen molar-refractivity contribution in [3.63, 3.8) is 0 Å². The zero-order valence-corrected chi connectivity index (χ0v) is 22.5. The molecule has 2 aliphatic rings. The number of carbonyl (C=O) groups is 2. The zero-order chi connectivity index (χ0) is 29.3. The second kappa shape index (κ2) is 12.8. The number of nitrogens with one attached hydrogen (secondary N) is 2. The highest BCUT2D eigenvalue weighted by Gasteiger charge is 2.43. The Hall–Kier alpha value is -4.84. The van der Waals surface area contributed by atoms with E-state index in [1.54, 1.807) is 18.2 Å². The van der Waals surface area contributed by atoms with Crippen LogP contribution in [0.15, 0.2) is 36.4 Å². The lowest BCUT2D eigenvalue weighted by atomic mass is 10.0. The lowest BCUT2D eigenvalue weighted by Gasteiger charge is -2.15. The van der Waals surface area contributed by atoms with Crippen molar-refractivity contribution in [2.75, 3.05) is 43.7 Å². The van der Waals surface area contributed by atoms with E-state index in [1.165, 1.54) is 32.4 Å². The molecule has 0 heterocycles. The minimum atomic E-state index is -0.550. The van der Waals surface area contributed by atoms with Crippen LogP contribution in [0.2, 0.25) is 0 Å². The van der Waals surface area contributed by atoms with Gasteiger partial charge in [-0.05, 0) is 56.0 Å². The number of nitrogens with zero attached hydrogens (tertiary/aromatic N) is 3. The Morgan fingerprint density at radius 1 is 0.900 bits per heavy atom. The van der Waals surface area contributed by atoms with E-state index in [2.05, 4.69) is 32.2 Å². The Kier molecular flexibility index (Phi) is 9.51. The lowest BCUT2D eigenvalue weighted by Crippen LogP contribution is -2.16. The minimum Gasteiger partial charge on any atom is -0.465 e. The Bertz CT molecular complexity index is 1350. The van der Waals surface area contributed by atoms with Crippen molar-refractivity contribution >= 4 is 34.7 Å². The van der Waals surface area contributed by atoms with Gasteiger partial charge in [-0.15, -0.1) is 0 Å². The topological polar surface area (TPSA) is 193 Å². The second-order valence-electron chi connectivity index (χ2n) is 10.2. The molecule has 12 heteroatoms. The summed E-state index contributed by atoms with van der Waals surface area (Å²) in [6.07, 6.45) is 4.95. The SMILES string of the molecule is COC(=O)c1ccc(N)c(NCC2(CC#N)CC2)c1.COC(=O)c1ccc([N+](=O)[O-])c(NCC2(CC#N)CC2)c1. The number of hydrogen-bond acceptors (Lipinski definition) is 11. The first-order chi connectivity index (χ1) is 19.1. The molecule has 4 N–H and O–H groups in total. The van der Waals surface area contributed by atoms with Crippen molar-refractivity contribution in [1.82, 2.24) is 0 Å². The summed E-state index contributed by atoms with van der Waals surface area (Å²) in [7, 11) is 2.60. The van der Waals surface area contributed by atoms with Crippen LogP contribution in [0.3, 0.4) is 0 Å². The molecule has 0 aromatic heterocycles. The largest absolute Gasteiger partial charge is 0.465 e. The number of nitrogens with two attached hydrogens (primary N) is 1. The molecule has 0 aliphatic heterocycles. The molecular weight excluding hydrogens is 516 g/mol. The first-order valence-corrected chi connectivity index (χ1v) is 12.7. The number of esters is 2. The van der Waals surface area contributed by atoms with Crippen molar-refractivity contribution in [3.8, 4) is 12.1 Å². The highest BCUT2D eigenvalue weighted by Crippen LogP contribution is 2.49. The number of carbonyl (C=O) groups excluding carboxylic acids is 2. The number of rotatable bonds is 11. The maximum absolute atomic E-state index is 11.5. The van der Waals surface area contributed by atoms with Gasteiger partial charge in [0.1, 0.15) is 5.69 Å². The first kappa shape index (κ1) is 29.7. The maximum atomic E-state index is 11.5.